The number of rotatable bonds is 5. The molecule has 2 rings (SSSR count). The number of thiazole rings is 1. The minimum absolute atomic E-state index is 0. The zero-order valence-corrected chi connectivity index (χ0v) is 11.8. The van der Waals surface area contributed by atoms with Gasteiger partial charge in [0.15, 0.2) is 0 Å². The van der Waals surface area contributed by atoms with E-state index in [0.717, 1.165) is 4.68 Å². The fourth-order valence-electron chi connectivity index (χ4n) is 1.37. The molecule has 0 aromatic carbocycles. The fraction of sp³-hybridized carbons (Fsp3) is 0.300. The van der Waals surface area contributed by atoms with Gasteiger partial charge in [-0.05, 0) is 0 Å². The van der Waals surface area contributed by atoms with Crippen LogP contribution in [0.3, 0.4) is 0 Å². The first-order valence-corrected chi connectivity index (χ1v) is 6.23. The quantitative estimate of drug-likeness (QED) is 0.877. The van der Waals surface area contributed by atoms with Gasteiger partial charge in [0.2, 0.25) is 0 Å². The third kappa shape index (κ3) is 4.22. The van der Waals surface area contributed by atoms with Crippen LogP contribution >= 0.6 is 23.7 Å². The lowest BCUT2D eigenvalue weighted by molar-refractivity contribution is 0.102. The number of nitrogens with two attached hydrogens (primary N) is 1. The summed E-state index contributed by atoms with van der Waals surface area (Å²) in [4.78, 5) is 15.8. The number of aromatic nitrogens is 3. The van der Waals surface area contributed by atoms with E-state index in [4.69, 9.17) is 5.73 Å². The molecule has 6 nitrogen and oxygen atoms in total. The number of carbonyl (C=O) groups is 1. The van der Waals surface area contributed by atoms with Crippen molar-refractivity contribution in [3.63, 3.8) is 0 Å². The SMILES string of the molecule is Cl.NCc1nc(C(=O)Nc2cnn(CC(F)F)c2)cs1. The molecular formula is C10H12ClF2N5OS. The van der Waals surface area contributed by atoms with Crippen LogP contribution in [0.15, 0.2) is 17.8 Å². The normalized spacial score (nSPS) is 10.4. The number of amides is 1. The van der Waals surface area contributed by atoms with Crippen LogP contribution in [0.4, 0.5) is 14.5 Å². The van der Waals surface area contributed by atoms with Gasteiger partial charge >= 0.3 is 0 Å². The molecule has 110 valence electrons. The molecule has 2 heterocycles. The molecule has 1 amide bonds. The number of alkyl halides is 2. The van der Waals surface area contributed by atoms with Crippen molar-refractivity contribution in [3.05, 3.63) is 28.5 Å². The molecule has 0 aliphatic heterocycles. The van der Waals surface area contributed by atoms with Crippen molar-refractivity contribution < 1.29 is 13.6 Å². The van der Waals surface area contributed by atoms with Gasteiger partial charge in [0, 0.05) is 18.1 Å². The van der Waals surface area contributed by atoms with Crippen molar-refractivity contribution in [3.8, 4) is 0 Å². The predicted octanol–water partition coefficient (Wildman–Crippen LogP) is 1.74. The Hall–Kier alpha value is -1.58. The highest BCUT2D eigenvalue weighted by Crippen LogP contribution is 2.12. The van der Waals surface area contributed by atoms with Crippen molar-refractivity contribution in [2.75, 3.05) is 5.32 Å². The van der Waals surface area contributed by atoms with Crippen LogP contribution in [0, 0.1) is 0 Å². The number of anilines is 1. The van der Waals surface area contributed by atoms with Crippen LogP contribution in [0.25, 0.3) is 0 Å². The van der Waals surface area contributed by atoms with E-state index in [1.165, 1.54) is 23.7 Å². The van der Waals surface area contributed by atoms with Crippen molar-refractivity contribution in [1.82, 2.24) is 14.8 Å². The summed E-state index contributed by atoms with van der Waals surface area (Å²) in [5, 5.41) is 8.47. The Kier molecular flexibility index (Phi) is 5.99. The number of hydrogen-bond donors (Lipinski definition) is 2. The lowest BCUT2D eigenvalue weighted by Gasteiger charge is -1.99. The fourth-order valence-corrected chi connectivity index (χ4v) is 2.03. The van der Waals surface area contributed by atoms with Crippen LogP contribution in [-0.2, 0) is 13.1 Å². The highest BCUT2D eigenvalue weighted by atomic mass is 35.5. The first kappa shape index (κ1) is 16.5. The predicted molar refractivity (Wildman–Crippen MR) is 73.4 cm³/mol. The number of nitrogens with one attached hydrogen (secondary N) is 1. The summed E-state index contributed by atoms with van der Waals surface area (Å²) in [5.74, 6) is -0.424. The molecule has 0 aliphatic rings. The summed E-state index contributed by atoms with van der Waals surface area (Å²) in [6, 6.07) is 0. The zero-order valence-electron chi connectivity index (χ0n) is 10.1. The Morgan fingerprint density at radius 2 is 2.30 bits per heavy atom. The first-order valence-electron chi connectivity index (χ1n) is 5.35. The van der Waals surface area contributed by atoms with Gasteiger partial charge in [0.25, 0.3) is 12.3 Å². The molecule has 0 saturated heterocycles. The van der Waals surface area contributed by atoms with Gasteiger partial charge in [-0.3, -0.25) is 9.48 Å². The van der Waals surface area contributed by atoms with Gasteiger partial charge in [0.05, 0.1) is 11.9 Å². The minimum atomic E-state index is -2.49. The van der Waals surface area contributed by atoms with Crippen LogP contribution in [0.1, 0.15) is 15.5 Å². The maximum Gasteiger partial charge on any atom is 0.275 e. The second-order valence-corrected chi connectivity index (χ2v) is 4.57. The van der Waals surface area contributed by atoms with Crippen molar-refractivity contribution in [1.29, 1.82) is 0 Å². The Bertz CT molecular complexity index is 574. The molecule has 0 aliphatic carbocycles. The molecule has 0 fully saturated rings. The van der Waals surface area contributed by atoms with E-state index in [2.05, 4.69) is 15.4 Å². The van der Waals surface area contributed by atoms with E-state index in [9.17, 15) is 13.6 Å². The summed E-state index contributed by atoms with van der Waals surface area (Å²) in [6.07, 6.45) is 0.144. The molecule has 0 spiro atoms. The van der Waals surface area contributed by atoms with Crippen LogP contribution in [0.5, 0.6) is 0 Å². The second-order valence-electron chi connectivity index (χ2n) is 3.63. The topological polar surface area (TPSA) is 85.8 Å². The second kappa shape index (κ2) is 7.27. The van der Waals surface area contributed by atoms with Gasteiger partial charge in [-0.25, -0.2) is 13.8 Å². The van der Waals surface area contributed by atoms with Gasteiger partial charge in [-0.15, -0.1) is 23.7 Å². The van der Waals surface area contributed by atoms with E-state index < -0.39 is 18.9 Å². The van der Waals surface area contributed by atoms with Gasteiger partial charge in [0.1, 0.15) is 17.2 Å². The third-order valence-electron chi connectivity index (χ3n) is 2.18. The highest BCUT2D eigenvalue weighted by Gasteiger charge is 2.12. The summed E-state index contributed by atoms with van der Waals surface area (Å²) in [7, 11) is 0. The first-order chi connectivity index (χ1) is 9.08. The average Bonchev–Trinajstić information content (AvgIpc) is 2.97. The number of hydrogen-bond acceptors (Lipinski definition) is 5. The van der Waals surface area contributed by atoms with E-state index in [-0.39, 0.29) is 24.6 Å². The van der Waals surface area contributed by atoms with E-state index in [1.54, 1.807) is 5.38 Å². The molecule has 3 N–H and O–H groups in total. The van der Waals surface area contributed by atoms with Crippen LogP contribution < -0.4 is 11.1 Å². The van der Waals surface area contributed by atoms with Gasteiger partial charge in [-0.2, -0.15) is 5.10 Å². The summed E-state index contributed by atoms with van der Waals surface area (Å²) >= 11 is 1.29. The lowest BCUT2D eigenvalue weighted by Crippen LogP contribution is -2.12. The van der Waals surface area contributed by atoms with Crippen LogP contribution in [-0.4, -0.2) is 27.1 Å². The van der Waals surface area contributed by atoms with Gasteiger partial charge in [-0.1, -0.05) is 0 Å². The average molecular weight is 324 g/mol. The largest absolute Gasteiger partial charge is 0.325 e. The Balaban J connectivity index is 0.00000200. The lowest BCUT2D eigenvalue weighted by atomic mass is 10.4. The molecule has 20 heavy (non-hydrogen) atoms. The molecule has 2 aromatic rings. The standard InChI is InChI=1S/C10H11F2N5OS.ClH/c11-8(12)4-17-3-6(2-14-17)15-10(18)7-5-19-9(1-13)16-7;/h2-3,5,8H,1,4,13H2,(H,15,18);1H. The van der Waals surface area contributed by atoms with Crippen molar-refractivity contribution in [2.24, 2.45) is 5.73 Å². The summed E-state index contributed by atoms with van der Waals surface area (Å²) < 4.78 is 25.3. The van der Waals surface area contributed by atoms with Crippen LogP contribution in [0.2, 0.25) is 0 Å². The summed E-state index contributed by atoms with van der Waals surface area (Å²) in [5.41, 5.74) is 5.98. The Morgan fingerprint density at radius 3 is 2.90 bits per heavy atom. The van der Waals surface area contributed by atoms with E-state index in [1.807, 2.05) is 0 Å². The van der Waals surface area contributed by atoms with E-state index in [0.29, 0.717) is 10.7 Å². The van der Waals surface area contributed by atoms with E-state index >= 15 is 0 Å². The number of halogens is 3. The van der Waals surface area contributed by atoms with Crippen molar-refractivity contribution >= 4 is 35.3 Å². The number of carbonyl (C=O) groups excluding carboxylic acids is 1. The molecule has 0 radical (unpaired) electrons. The molecule has 0 saturated carbocycles. The summed E-state index contributed by atoms with van der Waals surface area (Å²) in [6.45, 7) is -0.242. The maximum absolute atomic E-state index is 12.1. The molecular weight excluding hydrogens is 312 g/mol. The molecule has 10 heteroatoms. The monoisotopic (exact) mass is 323 g/mol. The maximum atomic E-state index is 12.1. The molecule has 0 bridgehead atoms. The Labute approximate surface area is 123 Å². The smallest absolute Gasteiger partial charge is 0.275 e. The minimum Gasteiger partial charge on any atom is -0.325 e. The molecule has 2 aromatic heterocycles. The molecule has 0 unspecified atom stereocenters. The third-order valence-corrected chi connectivity index (χ3v) is 3.05. The zero-order chi connectivity index (χ0) is 13.8. The number of nitrogens with zero attached hydrogens (tertiary/aromatic N) is 3. The highest BCUT2D eigenvalue weighted by molar-refractivity contribution is 7.09. The Morgan fingerprint density at radius 1 is 1.55 bits per heavy atom. The van der Waals surface area contributed by atoms with Gasteiger partial charge < -0.3 is 11.1 Å². The van der Waals surface area contributed by atoms with Crippen molar-refractivity contribution in [2.45, 2.75) is 19.5 Å². The molecule has 0 atom stereocenters.